The maximum Gasteiger partial charge on any atom is 0.397 e. The Hall–Kier alpha value is 0.596. The van der Waals surface area contributed by atoms with E-state index in [0.717, 1.165) is 0 Å². The van der Waals surface area contributed by atoms with Crippen LogP contribution in [0.3, 0.4) is 0 Å². The quantitative estimate of drug-likeness (QED) is 0.416. The number of hydrogen-bond acceptors (Lipinski definition) is 3. The molecule has 0 fully saturated rings. The molecule has 0 amide bonds. The van der Waals surface area contributed by atoms with E-state index < -0.39 is 16.5 Å². The van der Waals surface area contributed by atoms with Gasteiger partial charge in [-0.25, -0.2) is 4.18 Å². The Morgan fingerprint density at radius 1 is 1.40 bits per heavy atom. The van der Waals surface area contributed by atoms with Crippen molar-refractivity contribution >= 4 is 33.5 Å². The first-order chi connectivity index (χ1) is 3.42. The van der Waals surface area contributed by atoms with Crippen LogP contribution in [0.1, 0.15) is 13.8 Å². The first kappa shape index (κ1) is 16.9. The van der Waals surface area contributed by atoms with Gasteiger partial charge in [0.2, 0.25) is 0 Å². The molecule has 7 heteroatoms. The molecule has 0 aromatic carbocycles. The first-order valence-corrected chi connectivity index (χ1v) is 3.44. The van der Waals surface area contributed by atoms with E-state index in [1.54, 1.807) is 0 Å². The summed E-state index contributed by atoms with van der Waals surface area (Å²) in [6.07, 6.45) is -0.495. The molecule has 5 nitrogen and oxygen atoms in total. The Labute approximate surface area is 76.2 Å². The summed E-state index contributed by atoms with van der Waals surface area (Å²) in [4.78, 5) is 0. The van der Waals surface area contributed by atoms with Crippen LogP contribution in [-0.2, 0) is 14.6 Å². The van der Waals surface area contributed by atoms with Crippen LogP contribution in [0.4, 0.5) is 0 Å². The highest BCUT2D eigenvalue weighted by atomic mass is 32.3. The van der Waals surface area contributed by atoms with Gasteiger partial charge < -0.3 is 5.48 Å². The molecule has 0 saturated carbocycles. The Kier molecular flexibility index (Phi) is 10.7. The monoisotopic (exact) mass is 184 g/mol. The second-order valence-electron chi connectivity index (χ2n) is 1.57. The van der Waals surface area contributed by atoms with Crippen LogP contribution in [-0.4, -0.2) is 47.6 Å². The number of hydrogen-bond donors (Lipinski definition) is 1. The molecule has 0 atom stereocenters. The van der Waals surface area contributed by atoms with Crippen molar-refractivity contribution in [3.8, 4) is 0 Å². The average molecular weight is 184 g/mol. The molecule has 62 valence electrons. The third-order valence-corrected chi connectivity index (χ3v) is 0.942. The van der Waals surface area contributed by atoms with Crippen molar-refractivity contribution < 1.29 is 22.6 Å². The zero-order valence-corrected chi connectivity index (χ0v) is 5.97. The van der Waals surface area contributed by atoms with Crippen LogP contribution in [0.25, 0.3) is 0 Å². The molecule has 0 saturated heterocycles. The van der Waals surface area contributed by atoms with Gasteiger partial charge in [-0.2, -0.15) is 8.42 Å². The fraction of sp³-hybridized carbons (Fsp3) is 1.00. The predicted octanol–water partition coefficient (Wildman–Crippen LogP) is -1.53. The fourth-order valence-corrected chi connectivity index (χ4v) is 0.730. The minimum absolute atomic E-state index is 0. The molecule has 0 aliphatic rings. The van der Waals surface area contributed by atoms with E-state index in [1.807, 2.05) is 0 Å². The highest BCUT2D eigenvalue weighted by Crippen LogP contribution is 1.92. The van der Waals surface area contributed by atoms with Crippen LogP contribution in [0.5, 0.6) is 0 Å². The summed E-state index contributed by atoms with van der Waals surface area (Å²) in [6, 6.07) is 0. The molecular formula is C3H12MgO5S. The van der Waals surface area contributed by atoms with Gasteiger partial charge in [-0.1, -0.05) is 0 Å². The zero-order valence-electron chi connectivity index (χ0n) is 5.16. The van der Waals surface area contributed by atoms with Crippen LogP contribution < -0.4 is 0 Å². The summed E-state index contributed by atoms with van der Waals surface area (Å²) in [5.41, 5.74) is 0. The van der Waals surface area contributed by atoms with Gasteiger partial charge in [-0.3, -0.25) is 4.55 Å². The van der Waals surface area contributed by atoms with E-state index in [2.05, 4.69) is 4.18 Å². The van der Waals surface area contributed by atoms with Gasteiger partial charge in [0.05, 0.1) is 6.10 Å². The van der Waals surface area contributed by atoms with Gasteiger partial charge >= 0.3 is 33.5 Å². The summed E-state index contributed by atoms with van der Waals surface area (Å²) in [5, 5.41) is 0. The van der Waals surface area contributed by atoms with E-state index in [0.29, 0.717) is 0 Å². The average Bonchev–Trinajstić information content (AvgIpc) is 1.21. The van der Waals surface area contributed by atoms with Crippen LogP contribution >= 0.6 is 0 Å². The molecule has 0 heterocycles. The Bertz CT molecular complexity index is 150. The zero-order chi connectivity index (χ0) is 6.78. The Morgan fingerprint density at radius 3 is 1.70 bits per heavy atom. The van der Waals surface area contributed by atoms with E-state index in [1.165, 1.54) is 13.8 Å². The SMILES string of the molecule is CC(C)OS(=O)(=O)O.O.[MgH2]. The number of rotatable bonds is 2. The lowest BCUT2D eigenvalue weighted by atomic mass is 10.5. The molecule has 0 radical (unpaired) electrons. The van der Waals surface area contributed by atoms with Gasteiger partial charge in [0.15, 0.2) is 0 Å². The van der Waals surface area contributed by atoms with E-state index >= 15 is 0 Å². The molecule has 0 spiro atoms. The van der Waals surface area contributed by atoms with Crippen molar-refractivity contribution in [3.63, 3.8) is 0 Å². The molecule has 0 aromatic heterocycles. The second kappa shape index (κ2) is 6.32. The molecule has 0 rings (SSSR count). The third kappa shape index (κ3) is 15.8. The molecule has 0 aliphatic carbocycles. The molecule has 0 aromatic rings. The van der Waals surface area contributed by atoms with Crippen molar-refractivity contribution in [1.82, 2.24) is 0 Å². The smallest absolute Gasteiger partial charge is 0.397 e. The van der Waals surface area contributed by atoms with Crippen molar-refractivity contribution in [3.05, 3.63) is 0 Å². The van der Waals surface area contributed by atoms with E-state index in [9.17, 15) is 8.42 Å². The fourth-order valence-electron chi connectivity index (χ4n) is 0.243. The molecule has 0 aliphatic heterocycles. The summed E-state index contributed by atoms with van der Waals surface area (Å²) in [5.74, 6) is 0. The van der Waals surface area contributed by atoms with Crippen molar-refractivity contribution in [2.24, 2.45) is 0 Å². The van der Waals surface area contributed by atoms with Gasteiger partial charge in [-0.05, 0) is 13.8 Å². The van der Waals surface area contributed by atoms with Crippen molar-refractivity contribution in [2.45, 2.75) is 20.0 Å². The Morgan fingerprint density at radius 2 is 1.70 bits per heavy atom. The maximum atomic E-state index is 9.78. The van der Waals surface area contributed by atoms with Crippen LogP contribution in [0.2, 0.25) is 0 Å². The maximum absolute atomic E-state index is 9.78. The molecular weight excluding hydrogens is 172 g/mol. The first-order valence-electron chi connectivity index (χ1n) is 2.07. The highest BCUT2D eigenvalue weighted by Gasteiger charge is 2.05. The van der Waals surface area contributed by atoms with Crippen LogP contribution in [0, 0.1) is 0 Å². The van der Waals surface area contributed by atoms with Crippen LogP contribution in [0.15, 0.2) is 0 Å². The summed E-state index contributed by atoms with van der Waals surface area (Å²) < 4.78 is 31.5. The van der Waals surface area contributed by atoms with Gasteiger partial charge in [0, 0.05) is 0 Å². The predicted molar refractivity (Wildman–Crippen MR) is 39.9 cm³/mol. The lowest BCUT2D eigenvalue weighted by Crippen LogP contribution is -2.10. The molecule has 10 heavy (non-hydrogen) atoms. The Balaban J connectivity index is -0.000000245. The summed E-state index contributed by atoms with van der Waals surface area (Å²) >= 11 is 0. The lowest BCUT2D eigenvalue weighted by Gasteiger charge is -1.99. The van der Waals surface area contributed by atoms with E-state index in [-0.39, 0.29) is 28.5 Å². The normalized spacial score (nSPS) is 10.0. The summed E-state index contributed by atoms with van der Waals surface area (Å²) in [7, 11) is -4.22. The largest absolute Gasteiger partial charge is 0.412 e. The third-order valence-electron chi connectivity index (χ3n) is 0.314. The van der Waals surface area contributed by atoms with Gasteiger partial charge in [-0.15, -0.1) is 0 Å². The molecule has 0 bridgehead atoms. The minimum Gasteiger partial charge on any atom is -0.412 e. The lowest BCUT2D eigenvalue weighted by molar-refractivity contribution is 0.213. The second-order valence-corrected chi connectivity index (χ2v) is 2.62. The summed E-state index contributed by atoms with van der Waals surface area (Å²) in [6.45, 7) is 3.02. The molecule has 0 unspecified atom stereocenters. The van der Waals surface area contributed by atoms with Gasteiger partial charge in [0.25, 0.3) is 0 Å². The minimum atomic E-state index is -4.22. The van der Waals surface area contributed by atoms with Crippen molar-refractivity contribution in [1.29, 1.82) is 0 Å². The highest BCUT2D eigenvalue weighted by molar-refractivity contribution is 7.80. The van der Waals surface area contributed by atoms with Gasteiger partial charge in [0.1, 0.15) is 0 Å². The topological polar surface area (TPSA) is 95.1 Å². The standard InChI is InChI=1S/C3H8O4S.Mg.H2O.2H/c1-3(2)7-8(4,5)6;;;;/h3H,1-2H3,(H,4,5,6);;1H2;;. The van der Waals surface area contributed by atoms with E-state index in [4.69, 9.17) is 4.55 Å². The van der Waals surface area contributed by atoms with Crippen molar-refractivity contribution in [2.75, 3.05) is 0 Å². The molecule has 3 N–H and O–H groups in total.